The van der Waals surface area contributed by atoms with E-state index < -0.39 is 0 Å². The number of hydrogen-bond donors (Lipinski definition) is 1. The number of nitrogens with one attached hydrogen (secondary N) is 1. The van der Waals surface area contributed by atoms with Crippen molar-refractivity contribution in [2.45, 2.75) is 18.9 Å². The maximum absolute atomic E-state index is 13.2. The van der Waals surface area contributed by atoms with Crippen LogP contribution in [0.1, 0.15) is 34.9 Å². The number of nitrogens with zero attached hydrogens (tertiary/aromatic N) is 5. The van der Waals surface area contributed by atoms with Crippen LogP contribution < -0.4 is 14.8 Å². The number of ether oxygens (including phenoxy) is 2. The van der Waals surface area contributed by atoms with Gasteiger partial charge in [-0.05, 0) is 31.0 Å². The molecule has 2 aliphatic heterocycles. The number of likely N-dealkylation sites (tertiary alicyclic amines) is 1. The van der Waals surface area contributed by atoms with Crippen LogP contribution in [0.3, 0.4) is 0 Å². The highest BCUT2D eigenvalue weighted by Crippen LogP contribution is 2.35. The molecule has 0 aliphatic carbocycles. The molecule has 9 heteroatoms. The number of aromatic nitrogens is 4. The summed E-state index contributed by atoms with van der Waals surface area (Å²) in [5.74, 6) is 2.37. The molecule has 0 spiro atoms. The molecule has 0 radical (unpaired) electrons. The lowest BCUT2D eigenvalue weighted by molar-refractivity contribution is 0.0731. The van der Waals surface area contributed by atoms with E-state index in [-0.39, 0.29) is 11.9 Å². The van der Waals surface area contributed by atoms with Crippen molar-refractivity contribution >= 4 is 17.5 Å². The van der Waals surface area contributed by atoms with E-state index >= 15 is 0 Å². The van der Waals surface area contributed by atoms with Crippen molar-refractivity contribution < 1.29 is 14.3 Å². The van der Waals surface area contributed by atoms with Crippen molar-refractivity contribution in [1.82, 2.24) is 24.8 Å². The van der Waals surface area contributed by atoms with Crippen molar-refractivity contribution in [1.29, 1.82) is 0 Å². The summed E-state index contributed by atoms with van der Waals surface area (Å²) < 4.78 is 11.2. The zero-order valence-electron chi connectivity index (χ0n) is 16.2. The monoisotopic (exact) mass is 404 g/mol. The molecule has 1 unspecified atom stereocenters. The van der Waals surface area contributed by atoms with Crippen LogP contribution >= 0.6 is 0 Å². The van der Waals surface area contributed by atoms with E-state index in [9.17, 15) is 4.79 Å². The predicted molar refractivity (Wildman–Crippen MR) is 108 cm³/mol. The Hall–Kier alpha value is -3.75. The van der Waals surface area contributed by atoms with Crippen molar-refractivity contribution in [2.24, 2.45) is 0 Å². The fourth-order valence-corrected chi connectivity index (χ4v) is 3.76. The van der Waals surface area contributed by atoms with E-state index in [0.29, 0.717) is 48.5 Å². The van der Waals surface area contributed by atoms with Gasteiger partial charge in [0.1, 0.15) is 24.8 Å². The second-order valence-electron chi connectivity index (χ2n) is 7.06. The van der Waals surface area contributed by atoms with E-state index in [2.05, 4.69) is 25.3 Å². The summed E-state index contributed by atoms with van der Waals surface area (Å²) in [7, 11) is 0. The normalized spacial score (nSPS) is 17.6. The van der Waals surface area contributed by atoms with Gasteiger partial charge < -0.3 is 19.7 Å². The fourth-order valence-electron chi connectivity index (χ4n) is 3.76. The number of fused-ring (bicyclic) bond motifs is 1. The van der Waals surface area contributed by atoms with Crippen LogP contribution in [0.4, 0.5) is 11.6 Å². The van der Waals surface area contributed by atoms with Crippen molar-refractivity contribution in [2.75, 3.05) is 25.1 Å². The second kappa shape index (κ2) is 7.94. The van der Waals surface area contributed by atoms with E-state index in [1.54, 1.807) is 49.2 Å². The Kier molecular flexibility index (Phi) is 4.84. The molecule has 1 N–H and O–H groups in total. The fraction of sp³-hybridized carbons (Fsp3) is 0.286. The standard InChI is InChI=1S/C21H20N6O3/c28-21(14-3-4-17-18(10-14)30-9-8-29-17)27-7-1-2-16(27)15-11-23-13-20(25-15)26-19-12-22-5-6-24-19/h3-6,10-13,16H,1-2,7-9H2,(H,24,25,26). The first-order valence-corrected chi connectivity index (χ1v) is 9.83. The minimum Gasteiger partial charge on any atom is -0.486 e. The van der Waals surface area contributed by atoms with Gasteiger partial charge in [-0.2, -0.15) is 0 Å². The first kappa shape index (κ1) is 18.3. The molecule has 2 aliphatic rings. The first-order valence-electron chi connectivity index (χ1n) is 9.83. The van der Waals surface area contributed by atoms with Gasteiger partial charge in [0.2, 0.25) is 0 Å². The number of carbonyl (C=O) groups excluding carboxylic acids is 1. The molecule has 4 heterocycles. The van der Waals surface area contributed by atoms with Crippen LogP contribution in [-0.4, -0.2) is 50.5 Å². The van der Waals surface area contributed by atoms with Crippen LogP contribution in [0.5, 0.6) is 11.5 Å². The van der Waals surface area contributed by atoms with Gasteiger partial charge in [0, 0.05) is 24.5 Å². The predicted octanol–water partition coefficient (Wildman–Crippen LogP) is 2.76. The first-order chi connectivity index (χ1) is 14.8. The lowest BCUT2D eigenvalue weighted by Gasteiger charge is -2.25. The molecule has 1 saturated heterocycles. The molecule has 152 valence electrons. The molecular formula is C21H20N6O3. The van der Waals surface area contributed by atoms with Gasteiger partial charge in [0.05, 0.1) is 30.3 Å². The minimum absolute atomic E-state index is 0.0523. The molecule has 0 bridgehead atoms. The average Bonchev–Trinajstić information content (AvgIpc) is 3.29. The molecule has 1 amide bonds. The number of rotatable bonds is 4. The number of hydrogen-bond acceptors (Lipinski definition) is 8. The Morgan fingerprint density at radius 3 is 2.77 bits per heavy atom. The molecule has 1 atom stereocenters. The van der Waals surface area contributed by atoms with Gasteiger partial charge in [0.25, 0.3) is 5.91 Å². The van der Waals surface area contributed by atoms with Crippen molar-refractivity contribution in [3.63, 3.8) is 0 Å². The van der Waals surface area contributed by atoms with Gasteiger partial charge in [0.15, 0.2) is 11.5 Å². The maximum atomic E-state index is 13.2. The molecule has 2 aromatic heterocycles. The Labute approximate surface area is 173 Å². The summed E-state index contributed by atoms with van der Waals surface area (Å²) in [5.41, 5.74) is 1.32. The van der Waals surface area contributed by atoms with Gasteiger partial charge in [-0.25, -0.2) is 9.97 Å². The lowest BCUT2D eigenvalue weighted by Crippen LogP contribution is -2.31. The van der Waals surface area contributed by atoms with Crippen LogP contribution in [0.15, 0.2) is 49.2 Å². The van der Waals surface area contributed by atoms with Crippen LogP contribution in [-0.2, 0) is 0 Å². The largest absolute Gasteiger partial charge is 0.486 e. The van der Waals surface area contributed by atoms with Gasteiger partial charge in [-0.1, -0.05) is 0 Å². The SMILES string of the molecule is O=C(c1ccc2c(c1)OCCO2)N1CCCC1c1cncc(Nc2cnccn2)n1. The van der Waals surface area contributed by atoms with Gasteiger partial charge in [-0.15, -0.1) is 0 Å². The summed E-state index contributed by atoms with van der Waals surface area (Å²) in [4.78, 5) is 32.3. The van der Waals surface area contributed by atoms with E-state index in [0.717, 1.165) is 18.5 Å². The number of benzene rings is 1. The Balaban J connectivity index is 1.37. The van der Waals surface area contributed by atoms with E-state index in [1.165, 1.54) is 0 Å². The highest BCUT2D eigenvalue weighted by Gasteiger charge is 2.32. The molecule has 3 aromatic rings. The third-order valence-electron chi connectivity index (χ3n) is 5.12. The number of anilines is 2. The minimum atomic E-state index is -0.137. The quantitative estimate of drug-likeness (QED) is 0.708. The highest BCUT2D eigenvalue weighted by molar-refractivity contribution is 5.95. The van der Waals surface area contributed by atoms with Crippen LogP contribution in [0.2, 0.25) is 0 Å². The second-order valence-corrected chi connectivity index (χ2v) is 7.06. The van der Waals surface area contributed by atoms with Crippen molar-refractivity contribution in [3.05, 3.63) is 60.4 Å². The Morgan fingerprint density at radius 1 is 1.03 bits per heavy atom. The summed E-state index contributed by atoms with van der Waals surface area (Å²) in [6, 6.07) is 5.19. The lowest BCUT2D eigenvalue weighted by atomic mass is 10.1. The van der Waals surface area contributed by atoms with Gasteiger partial charge in [-0.3, -0.25) is 14.8 Å². The summed E-state index contributed by atoms with van der Waals surface area (Å²) in [5, 5.41) is 3.10. The molecular weight excluding hydrogens is 384 g/mol. The summed E-state index contributed by atoms with van der Waals surface area (Å²) in [6.07, 6.45) is 9.89. The van der Waals surface area contributed by atoms with E-state index in [1.807, 2.05) is 4.90 Å². The summed E-state index contributed by atoms with van der Waals surface area (Å²) in [6.45, 7) is 1.67. The Bertz CT molecular complexity index is 1060. The molecule has 9 nitrogen and oxygen atoms in total. The third kappa shape index (κ3) is 3.61. The maximum Gasteiger partial charge on any atom is 0.254 e. The average molecular weight is 404 g/mol. The Morgan fingerprint density at radius 2 is 1.90 bits per heavy atom. The van der Waals surface area contributed by atoms with Crippen LogP contribution in [0.25, 0.3) is 0 Å². The molecule has 1 fully saturated rings. The van der Waals surface area contributed by atoms with E-state index in [4.69, 9.17) is 9.47 Å². The third-order valence-corrected chi connectivity index (χ3v) is 5.12. The van der Waals surface area contributed by atoms with Gasteiger partial charge >= 0.3 is 0 Å². The van der Waals surface area contributed by atoms with Crippen molar-refractivity contribution in [3.8, 4) is 11.5 Å². The number of amides is 1. The zero-order valence-corrected chi connectivity index (χ0v) is 16.2. The van der Waals surface area contributed by atoms with Crippen LogP contribution in [0, 0.1) is 0 Å². The molecule has 0 saturated carbocycles. The topological polar surface area (TPSA) is 102 Å². The molecule has 1 aromatic carbocycles. The summed E-state index contributed by atoms with van der Waals surface area (Å²) >= 11 is 0. The molecule has 5 rings (SSSR count). The number of carbonyl (C=O) groups is 1. The zero-order chi connectivity index (χ0) is 20.3. The highest BCUT2D eigenvalue weighted by atomic mass is 16.6. The molecule has 30 heavy (non-hydrogen) atoms. The smallest absolute Gasteiger partial charge is 0.254 e.